The van der Waals surface area contributed by atoms with E-state index in [9.17, 15) is 13.2 Å². The smallest absolute Gasteiger partial charge is 0.312 e. The molecule has 0 amide bonds. The molecule has 0 atom stereocenters. The van der Waals surface area contributed by atoms with Crippen LogP contribution < -0.4 is 10.0 Å². The maximum absolute atomic E-state index is 11.3. The Bertz CT molecular complexity index is 338. The second-order valence-electron chi connectivity index (χ2n) is 4.57. The van der Waals surface area contributed by atoms with Crippen LogP contribution in [0.4, 0.5) is 0 Å². The van der Waals surface area contributed by atoms with Gasteiger partial charge in [0.25, 0.3) is 0 Å². The van der Waals surface area contributed by atoms with Crippen LogP contribution in [0.25, 0.3) is 0 Å². The van der Waals surface area contributed by atoms with Crippen molar-refractivity contribution < 1.29 is 17.9 Å². The summed E-state index contributed by atoms with van der Waals surface area (Å²) in [5.74, 6) is -0.265. The summed E-state index contributed by atoms with van der Waals surface area (Å²) in [7, 11) is -1.75. The summed E-state index contributed by atoms with van der Waals surface area (Å²) >= 11 is 0. The molecule has 2 N–H and O–H groups in total. The van der Waals surface area contributed by atoms with Crippen LogP contribution in [0.5, 0.6) is 0 Å². The largest absolute Gasteiger partial charge is 0.469 e. The quantitative estimate of drug-likeness (QED) is 0.466. The van der Waals surface area contributed by atoms with Gasteiger partial charge in [0.1, 0.15) is 0 Å². The van der Waals surface area contributed by atoms with Crippen molar-refractivity contribution in [3.63, 3.8) is 0 Å². The number of hydrogen-bond donors (Lipinski definition) is 2. The molecule has 17 heavy (non-hydrogen) atoms. The molecule has 0 spiro atoms. The van der Waals surface area contributed by atoms with Crippen LogP contribution in [0.15, 0.2) is 0 Å². The van der Waals surface area contributed by atoms with Crippen LogP contribution in [0.3, 0.4) is 0 Å². The fourth-order valence-electron chi connectivity index (χ4n) is 1.22. The molecule has 0 fully saturated rings. The summed E-state index contributed by atoms with van der Waals surface area (Å²) in [4.78, 5) is 11.3. The molecule has 6 nitrogen and oxygen atoms in total. The van der Waals surface area contributed by atoms with E-state index in [1.807, 2.05) is 0 Å². The molecule has 0 aliphatic rings. The van der Waals surface area contributed by atoms with Gasteiger partial charge in [0, 0.05) is 13.1 Å². The minimum atomic E-state index is -3.11. The van der Waals surface area contributed by atoms with Gasteiger partial charge in [0.05, 0.1) is 18.8 Å². The number of carbonyl (C=O) groups excluding carboxylic acids is 1. The molecule has 0 aliphatic carbocycles. The van der Waals surface area contributed by atoms with Gasteiger partial charge in [-0.15, -0.1) is 0 Å². The van der Waals surface area contributed by atoms with E-state index in [1.54, 1.807) is 13.8 Å². The predicted molar refractivity (Wildman–Crippen MR) is 66.1 cm³/mol. The van der Waals surface area contributed by atoms with Gasteiger partial charge < -0.3 is 10.1 Å². The highest BCUT2D eigenvalue weighted by molar-refractivity contribution is 7.88. The number of carbonyl (C=O) groups is 1. The van der Waals surface area contributed by atoms with E-state index in [0.717, 1.165) is 6.26 Å². The Labute approximate surface area is 103 Å². The Kier molecular flexibility index (Phi) is 6.66. The second-order valence-corrected chi connectivity index (χ2v) is 6.41. The second kappa shape index (κ2) is 6.93. The highest BCUT2D eigenvalue weighted by Gasteiger charge is 2.27. The molecular weight excluding hydrogens is 244 g/mol. The van der Waals surface area contributed by atoms with Gasteiger partial charge in [0.15, 0.2) is 0 Å². The van der Waals surface area contributed by atoms with Gasteiger partial charge >= 0.3 is 5.97 Å². The SMILES string of the molecule is COC(=O)C(C)(C)CNCCCNS(C)(=O)=O. The maximum Gasteiger partial charge on any atom is 0.312 e. The summed E-state index contributed by atoms with van der Waals surface area (Å²) in [5.41, 5.74) is -0.570. The van der Waals surface area contributed by atoms with Crippen LogP contribution in [-0.4, -0.2) is 47.4 Å². The van der Waals surface area contributed by atoms with E-state index in [-0.39, 0.29) is 5.97 Å². The van der Waals surface area contributed by atoms with E-state index in [1.165, 1.54) is 7.11 Å². The predicted octanol–water partition coefficient (Wildman–Crippen LogP) is -0.285. The monoisotopic (exact) mass is 266 g/mol. The molecule has 102 valence electrons. The summed E-state index contributed by atoms with van der Waals surface area (Å²) in [6, 6.07) is 0. The normalized spacial score (nSPS) is 12.5. The fraction of sp³-hybridized carbons (Fsp3) is 0.900. The molecule has 0 unspecified atom stereocenters. The van der Waals surface area contributed by atoms with Crippen LogP contribution >= 0.6 is 0 Å². The Balaban J connectivity index is 3.68. The van der Waals surface area contributed by atoms with Gasteiger partial charge in [0.2, 0.25) is 10.0 Å². The minimum absolute atomic E-state index is 0.265. The van der Waals surface area contributed by atoms with Gasteiger partial charge in [-0.25, -0.2) is 13.1 Å². The Hall–Kier alpha value is -0.660. The third-order valence-corrected chi connectivity index (χ3v) is 2.93. The lowest BCUT2D eigenvalue weighted by molar-refractivity contribution is -0.150. The van der Waals surface area contributed by atoms with E-state index < -0.39 is 15.4 Å². The summed E-state index contributed by atoms with van der Waals surface area (Å²) in [6.07, 6.45) is 1.80. The molecule has 7 heteroatoms. The molecule has 0 bridgehead atoms. The number of ether oxygens (including phenoxy) is 1. The van der Waals surface area contributed by atoms with Crippen molar-refractivity contribution in [1.82, 2.24) is 10.0 Å². The first-order chi connectivity index (χ1) is 7.69. The van der Waals surface area contributed by atoms with Crippen LogP contribution in [0, 0.1) is 5.41 Å². The van der Waals surface area contributed by atoms with Gasteiger partial charge in [-0.05, 0) is 26.8 Å². The lowest BCUT2D eigenvalue weighted by atomic mass is 9.94. The van der Waals surface area contributed by atoms with Crippen LogP contribution in [-0.2, 0) is 19.6 Å². The summed E-state index contributed by atoms with van der Waals surface area (Å²) in [5, 5.41) is 3.09. The fourth-order valence-corrected chi connectivity index (χ4v) is 1.74. The number of rotatable bonds is 8. The van der Waals surface area contributed by atoms with Gasteiger partial charge in [-0.1, -0.05) is 0 Å². The molecule has 0 aromatic rings. The first-order valence-corrected chi connectivity index (χ1v) is 7.32. The Morgan fingerprint density at radius 3 is 2.35 bits per heavy atom. The van der Waals surface area contributed by atoms with E-state index >= 15 is 0 Å². The highest BCUT2D eigenvalue weighted by atomic mass is 32.2. The molecule has 0 aromatic carbocycles. The molecule has 0 heterocycles. The average molecular weight is 266 g/mol. The van der Waals surface area contributed by atoms with Crippen LogP contribution in [0.2, 0.25) is 0 Å². The Morgan fingerprint density at radius 2 is 1.88 bits per heavy atom. The van der Waals surface area contributed by atoms with Crippen molar-refractivity contribution in [1.29, 1.82) is 0 Å². The number of methoxy groups -OCH3 is 1. The maximum atomic E-state index is 11.3. The van der Waals surface area contributed by atoms with Crippen molar-refractivity contribution in [3.8, 4) is 0 Å². The first kappa shape index (κ1) is 16.3. The number of hydrogen-bond acceptors (Lipinski definition) is 5. The van der Waals surface area contributed by atoms with Crippen LogP contribution in [0.1, 0.15) is 20.3 Å². The minimum Gasteiger partial charge on any atom is -0.469 e. The van der Waals surface area contributed by atoms with Crippen molar-refractivity contribution in [2.24, 2.45) is 5.41 Å². The van der Waals surface area contributed by atoms with Crippen molar-refractivity contribution >= 4 is 16.0 Å². The zero-order valence-corrected chi connectivity index (χ0v) is 11.7. The summed E-state index contributed by atoms with van der Waals surface area (Å²) < 4.78 is 28.6. The van der Waals surface area contributed by atoms with E-state index in [4.69, 9.17) is 0 Å². The molecule has 0 saturated heterocycles. The zero-order valence-electron chi connectivity index (χ0n) is 10.9. The number of nitrogens with one attached hydrogen (secondary N) is 2. The topological polar surface area (TPSA) is 84.5 Å². The van der Waals surface area contributed by atoms with Gasteiger partial charge in [-0.2, -0.15) is 0 Å². The molecule has 0 saturated carbocycles. The lowest BCUT2D eigenvalue weighted by Crippen LogP contribution is -2.38. The van der Waals surface area contributed by atoms with Gasteiger partial charge in [-0.3, -0.25) is 4.79 Å². The van der Waals surface area contributed by atoms with E-state index in [0.29, 0.717) is 26.1 Å². The number of esters is 1. The number of sulfonamides is 1. The molecule has 0 radical (unpaired) electrons. The third-order valence-electron chi connectivity index (χ3n) is 2.20. The Morgan fingerprint density at radius 1 is 1.29 bits per heavy atom. The zero-order chi connectivity index (χ0) is 13.5. The van der Waals surface area contributed by atoms with E-state index in [2.05, 4.69) is 14.8 Å². The first-order valence-electron chi connectivity index (χ1n) is 5.43. The van der Waals surface area contributed by atoms with Crippen molar-refractivity contribution in [2.75, 3.05) is 33.0 Å². The molecule has 0 aromatic heterocycles. The third kappa shape index (κ3) is 8.12. The standard InChI is InChI=1S/C10H22N2O4S/c1-10(2,9(13)16-3)8-11-6-5-7-12-17(4,14)15/h11-12H,5-8H2,1-4H3. The molecular formula is C10H22N2O4S. The highest BCUT2D eigenvalue weighted by Crippen LogP contribution is 2.14. The summed E-state index contributed by atoms with van der Waals surface area (Å²) in [6.45, 7) is 5.12. The molecule has 0 aliphatic heterocycles. The molecule has 0 rings (SSSR count). The van der Waals surface area contributed by atoms with Crippen molar-refractivity contribution in [2.45, 2.75) is 20.3 Å². The lowest BCUT2D eigenvalue weighted by Gasteiger charge is -2.21. The van der Waals surface area contributed by atoms with Crippen molar-refractivity contribution in [3.05, 3.63) is 0 Å². The average Bonchev–Trinajstić information content (AvgIpc) is 2.20.